The van der Waals surface area contributed by atoms with E-state index in [1.54, 1.807) is 0 Å². The van der Waals surface area contributed by atoms with Gasteiger partial charge in [-0.15, -0.1) is 0 Å². The van der Waals surface area contributed by atoms with Crippen molar-refractivity contribution >= 4 is 17.3 Å². The largest absolute Gasteiger partial charge is 0.361 e. The predicted octanol–water partition coefficient (Wildman–Crippen LogP) is 2.44. The van der Waals surface area contributed by atoms with E-state index in [4.69, 9.17) is 12.2 Å². The maximum absolute atomic E-state index is 5.25. The predicted molar refractivity (Wildman–Crippen MR) is 65.4 cm³/mol. The molecule has 2 atom stereocenters. The molecule has 0 radical (unpaired) electrons. The molecule has 0 aromatic carbocycles. The summed E-state index contributed by atoms with van der Waals surface area (Å²) in [6.45, 7) is 6.49. The Bertz CT molecular complexity index is 192. The summed E-state index contributed by atoms with van der Waals surface area (Å²) >= 11 is 5.25. The van der Waals surface area contributed by atoms with Crippen LogP contribution in [0.25, 0.3) is 0 Å². The molecule has 0 spiro atoms. The molecule has 0 aromatic rings. The van der Waals surface area contributed by atoms with Crippen LogP contribution in [0.4, 0.5) is 0 Å². The second-order valence-electron chi connectivity index (χ2n) is 4.48. The van der Waals surface area contributed by atoms with Crippen molar-refractivity contribution in [3.05, 3.63) is 0 Å². The average molecular weight is 214 g/mol. The summed E-state index contributed by atoms with van der Waals surface area (Å²) in [5, 5.41) is 7.49. The standard InChI is InChI=1S/C11H22N2S/c1-4-9-6-5-7-10(9)13-11(14)12-8(2)3/h8-10H,4-7H2,1-3H3,(H2,12,13,14). The lowest BCUT2D eigenvalue weighted by Gasteiger charge is -2.22. The molecule has 2 unspecified atom stereocenters. The van der Waals surface area contributed by atoms with Crippen molar-refractivity contribution in [1.29, 1.82) is 0 Å². The molecule has 1 fully saturated rings. The van der Waals surface area contributed by atoms with Gasteiger partial charge in [0.25, 0.3) is 0 Å². The van der Waals surface area contributed by atoms with Crippen LogP contribution >= 0.6 is 12.2 Å². The number of hydrogen-bond donors (Lipinski definition) is 2. The molecule has 1 saturated carbocycles. The maximum atomic E-state index is 5.25. The summed E-state index contributed by atoms with van der Waals surface area (Å²) in [7, 11) is 0. The second kappa shape index (κ2) is 5.54. The van der Waals surface area contributed by atoms with E-state index in [0.717, 1.165) is 11.0 Å². The molecule has 0 aliphatic heterocycles. The quantitative estimate of drug-likeness (QED) is 0.706. The van der Waals surface area contributed by atoms with E-state index in [1.165, 1.54) is 25.7 Å². The SMILES string of the molecule is CCC1CCCC1NC(=S)NC(C)C. The molecule has 1 aliphatic rings. The third kappa shape index (κ3) is 3.45. The van der Waals surface area contributed by atoms with Gasteiger partial charge >= 0.3 is 0 Å². The van der Waals surface area contributed by atoms with Crippen molar-refractivity contribution < 1.29 is 0 Å². The third-order valence-corrected chi connectivity index (χ3v) is 3.16. The summed E-state index contributed by atoms with van der Waals surface area (Å²) in [5.41, 5.74) is 0. The summed E-state index contributed by atoms with van der Waals surface area (Å²) in [6.07, 6.45) is 5.25. The van der Waals surface area contributed by atoms with Gasteiger partial charge in [0, 0.05) is 12.1 Å². The topological polar surface area (TPSA) is 24.1 Å². The molecule has 82 valence electrons. The zero-order valence-corrected chi connectivity index (χ0v) is 10.3. The Labute approximate surface area is 92.8 Å². The van der Waals surface area contributed by atoms with Crippen LogP contribution in [0, 0.1) is 5.92 Å². The molecular formula is C11H22N2S. The van der Waals surface area contributed by atoms with Gasteiger partial charge in [-0.3, -0.25) is 0 Å². The van der Waals surface area contributed by atoms with Gasteiger partial charge in [-0.1, -0.05) is 19.8 Å². The Kier molecular flexibility index (Phi) is 4.66. The number of rotatable bonds is 3. The van der Waals surface area contributed by atoms with Gasteiger partial charge in [0.05, 0.1) is 0 Å². The lowest BCUT2D eigenvalue weighted by Crippen LogP contribution is -2.45. The maximum Gasteiger partial charge on any atom is 0.166 e. The van der Waals surface area contributed by atoms with Crippen LogP contribution in [0.1, 0.15) is 46.5 Å². The van der Waals surface area contributed by atoms with Crippen molar-refractivity contribution in [2.45, 2.75) is 58.5 Å². The zero-order valence-electron chi connectivity index (χ0n) is 9.47. The summed E-state index contributed by atoms with van der Waals surface area (Å²) < 4.78 is 0. The van der Waals surface area contributed by atoms with Gasteiger partial charge in [0.15, 0.2) is 5.11 Å². The first-order chi connectivity index (χ1) is 6.63. The fourth-order valence-corrected chi connectivity index (χ4v) is 2.57. The van der Waals surface area contributed by atoms with Gasteiger partial charge in [-0.25, -0.2) is 0 Å². The lowest BCUT2D eigenvalue weighted by molar-refractivity contribution is 0.433. The van der Waals surface area contributed by atoms with Gasteiger partial charge in [-0.05, 0) is 44.8 Å². The van der Waals surface area contributed by atoms with Crippen LogP contribution in [0.15, 0.2) is 0 Å². The molecule has 0 heterocycles. The van der Waals surface area contributed by atoms with E-state index in [2.05, 4.69) is 31.4 Å². The minimum absolute atomic E-state index is 0.427. The molecule has 2 nitrogen and oxygen atoms in total. The van der Waals surface area contributed by atoms with E-state index in [0.29, 0.717) is 12.1 Å². The highest BCUT2D eigenvalue weighted by molar-refractivity contribution is 7.80. The molecule has 0 aromatic heterocycles. The Morgan fingerprint density at radius 2 is 2.14 bits per heavy atom. The first-order valence-electron chi connectivity index (χ1n) is 5.70. The molecule has 1 rings (SSSR count). The van der Waals surface area contributed by atoms with Gasteiger partial charge in [0.1, 0.15) is 0 Å². The zero-order chi connectivity index (χ0) is 10.6. The third-order valence-electron chi connectivity index (χ3n) is 2.92. The average Bonchev–Trinajstić information content (AvgIpc) is 2.50. The smallest absolute Gasteiger partial charge is 0.166 e. The van der Waals surface area contributed by atoms with Crippen LogP contribution in [-0.2, 0) is 0 Å². The van der Waals surface area contributed by atoms with E-state index in [9.17, 15) is 0 Å². The molecular weight excluding hydrogens is 192 g/mol. The molecule has 0 bridgehead atoms. The molecule has 2 N–H and O–H groups in total. The summed E-state index contributed by atoms with van der Waals surface area (Å²) in [5.74, 6) is 0.821. The Morgan fingerprint density at radius 3 is 2.71 bits per heavy atom. The minimum Gasteiger partial charge on any atom is -0.361 e. The highest BCUT2D eigenvalue weighted by Gasteiger charge is 2.25. The van der Waals surface area contributed by atoms with E-state index >= 15 is 0 Å². The first kappa shape index (κ1) is 11.8. The van der Waals surface area contributed by atoms with Crippen LogP contribution in [0.5, 0.6) is 0 Å². The van der Waals surface area contributed by atoms with E-state index in [-0.39, 0.29) is 0 Å². The highest BCUT2D eigenvalue weighted by atomic mass is 32.1. The Hall–Kier alpha value is -0.310. The van der Waals surface area contributed by atoms with Gasteiger partial charge < -0.3 is 10.6 Å². The Balaban J connectivity index is 2.32. The van der Waals surface area contributed by atoms with Gasteiger partial charge in [-0.2, -0.15) is 0 Å². The van der Waals surface area contributed by atoms with Crippen molar-refractivity contribution in [2.24, 2.45) is 5.92 Å². The summed E-state index contributed by atoms with van der Waals surface area (Å²) in [4.78, 5) is 0. The summed E-state index contributed by atoms with van der Waals surface area (Å²) in [6, 6.07) is 1.04. The lowest BCUT2D eigenvalue weighted by atomic mass is 10.0. The minimum atomic E-state index is 0.427. The van der Waals surface area contributed by atoms with Crippen molar-refractivity contribution in [3.8, 4) is 0 Å². The molecule has 1 aliphatic carbocycles. The number of hydrogen-bond acceptors (Lipinski definition) is 1. The second-order valence-corrected chi connectivity index (χ2v) is 4.89. The highest BCUT2D eigenvalue weighted by Crippen LogP contribution is 2.27. The molecule has 14 heavy (non-hydrogen) atoms. The van der Waals surface area contributed by atoms with Crippen molar-refractivity contribution in [2.75, 3.05) is 0 Å². The molecule has 0 amide bonds. The fraction of sp³-hybridized carbons (Fsp3) is 0.909. The van der Waals surface area contributed by atoms with E-state index < -0.39 is 0 Å². The number of thiocarbonyl (C=S) groups is 1. The molecule has 0 saturated heterocycles. The van der Waals surface area contributed by atoms with Crippen LogP contribution < -0.4 is 10.6 Å². The van der Waals surface area contributed by atoms with Crippen LogP contribution in [0.2, 0.25) is 0 Å². The monoisotopic (exact) mass is 214 g/mol. The Morgan fingerprint density at radius 1 is 1.43 bits per heavy atom. The number of nitrogens with one attached hydrogen (secondary N) is 2. The van der Waals surface area contributed by atoms with Crippen LogP contribution in [0.3, 0.4) is 0 Å². The van der Waals surface area contributed by atoms with Crippen molar-refractivity contribution in [3.63, 3.8) is 0 Å². The van der Waals surface area contributed by atoms with E-state index in [1.807, 2.05) is 0 Å². The fourth-order valence-electron chi connectivity index (χ4n) is 2.19. The first-order valence-corrected chi connectivity index (χ1v) is 6.11. The van der Waals surface area contributed by atoms with Crippen molar-refractivity contribution in [1.82, 2.24) is 10.6 Å². The van der Waals surface area contributed by atoms with Gasteiger partial charge in [0.2, 0.25) is 0 Å². The molecule has 3 heteroatoms. The normalized spacial score (nSPS) is 26.6. The van der Waals surface area contributed by atoms with Crippen LogP contribution in [-0.4, -0.2) is 17.2 Å².